The lowest BCUT2D eigenvalue weighted by atomic mass is 10.1. The Kier molecular flexibility index (Phi) is 8.05. The van der Waals surface area contributed by atoms with Crippen LogP contribution < -0.4 is 10.5 Å². The van der Waals surface area contributed by atoms with Crippen molar-refractivity contribution in [3.8, 4) is 0 Å². The van der Waals surface area contributed by atoms with Gasteiger partial charge in [-0.1, -0.05) is 66.7 Å². The Labute approximate surface area is 212 Å². The van der Waals surface area contributed by atoms with Gasteiger partial charge in [-0.05, 0) is 30.7 Å². The number of aromatic nitrogens is 2. The zero-order valence-corrected chi connectivity index (χ0v) is 20.2. The lowest BCUT2D eigenvalue weighted by Gasteiger charge is -2.21. The van der Waals surface area contributed by atoms with Crippen molar-refractivity contribution in [2.24, 2.45) is 0 Å². The van der Waals surface area contributed by atoms with Crippen LogP contribution in [0.15, 0.2) is 89.7 Å². The molecule has 0 N–H and O–H groups in total. The van der Waals surface area contributed by atoms with Gasteiger partial charge in [-0.25, -0.2) is 9.48 Å². The van der Waals surface area contributed by atoms with Crippen molar-refractivity contribution in [2.45, 2.75) is 13.5 Å². The average Bonchev–Trinajstić information content (AvgIpc) is 2.93. The fourth-order valence-corrected chi connectivity index (χ4v) is 3.79. The van der Waals surface area contributed by atoms with Crippen LogP contribution in [0.5, 0.6) is 0 Å². The summed E-state index contributed by atoms with van der Waals surface area (Å²) in [6.45, 7) is 1.02. The van der Waals surface area contributed by atoms with E-state index in [1.54, 1.807) is 61.5 Å². The number of para-hydroxylation sites is 1. The molecular formula is C28H25N3O6. The standard InChI is InChI=1S/C28H25N3O6/c1-2-36-25(33)18-30(21-13-7-4-8-14-21)24(32)19-37-28(35)26-22-15-9-10-16-23(22)27(34)31(29-26)17-20-11-5-3-6-12-20/h3-16H,2,17-19H2,1H3. The summed E-state index contributed by atoms with van der Waals surface area (Å²) < 4.78 is 11.5. The molecule has 188 valence electrons. The summed E-state index contributed by atoms with van der Waals surface area (Å²) >= 11 is 0. The zero-order chi connectivity index (χ0) is 26.2. The van der Waals surface area contributed by atoms with E-state index in [1.807, 2.05) is 30.3 Å². The number of esters is 2. The highest BCUT2D eigenvalue weighted by molar-refractivity contribution is 6.04. The van der Waals surface area contributed by atoms with Crippen LogP contribution in [-0.4, -0.2) is 47.4 Å². The molecule has 0 atom stereocenters. The summed E-state index contributed by atoms with van der Waals surface area (Å²) in [6, 6.07) is 24.4. The van der Waals surface area contributed by atoms with Crippen LogP contribution in [0.4, 0.5) is 5.69 Å². The lowest BCUT2D eigenvalue weighted by Crippen LogP contribution is -2.39. The first-order valence-electron chi connectivity index (χ1n) is 11.7. The first-order valence-corrected chi connectivity index (χ1v) is 11.7. The Morgan fingerprint density at radius 1 is 0.838 bits per heavy atom. The van der Waals surface area contributed by atoms with E-state index in [9.17, 15) is 19.2 Å². The third kappa shape index (κ3) is 6.07. The van der Waals surface area contributed by atoms with Gasteiger partial charge in [0.25, 0.3) is 11.5 Å². The second kappa shape index (κ2) is 11.8. The third-order valence-electron chi connectivity index (χ3n) is 5.52. The van der Waals surface area contributed by atoms with Crippen molar-refractivity contribution in [3.63, 3.8) is 0 Å². The van der Waals surface area contributed by atoms with E-state index in [0.29, 0.717) is 16.5 Å². The van der Waals surface area contributed by atoms with E-state index >= 15 is 0 Å². The number of ether oxygens (including phenoxy) is 2. The molecule has 0 unspecified atom stereocenters. The number of fused-ring (bicyclic) bond motifs is 1. The summed E-state index contributed by atoms with van der Waals surface area (Å²) in [6.07, 6.45) is 0. The van der Waals surface area contributed by atoms with Gasteiger partial charge in [0, 0.05) is 11.1 Å². The molecule has 0 saturated carbocycles. The molecule has 1 amide bonds. The highest BCUT2D eigenvalue weighted by Crippen LogP contribution is 2.17. The summed E-state index contributed by atoms with van der Waals surface area (Å²) in [4.78, 5) is 52.4. The van der Waals surface area contributed by atoms with E-state index in [2.05, 4.69) is 5.10 Å². The molecule has 4 rings (SSSR count). The zero-order valence-electron chi connectivity index (χ0n) is 20.2. The molecule has 1 heterocycles. The molecule has 0 aliphatic rings. The monoisotopic (exact) mass is 499 g/mol. The van der Waals surface area contributed by atoms with E-state index < -0.39 is 24.5 Å². The highest BCUT2D eigenvalue weighted by atomic mass is 16.5. The number of anilines is 1. The second-order valence-electron chi connectivity index (χ2n) is 8.04. The minimum Gasteiger partial charge on any atom is -0.465 e. The minimum atomic E-state index is -0.865. The second-order valence-corrected chi connectivity index (χ2v) is 8.04. The van der Waals surface area contributed by atoms with Gasteiger partial charge >= 0.3 is 11.9 Å². The number of carbonyl (C=O) groups is 3. The number of hydrogen-bond donors (Lipinski definition) is 0. The number of nitrogens with zero attached hydrogens (tertiary/aromatic N) is 3. The number of benzene rings is 3. The fraction of sp³-hybridized carbons (Fsp3) is 0.179. The molecular weight excluding hydrogens is 474 g/mol. The molecule has 3 aromatic carbocycles. The Hall–Kier alpha value is -4.79. The molecule has 0 radical (unpaired) electrons. The van der Waals surface area contributed by atoms with E-state index in [4.69, 9.17) is 9.47 Å². The van der Waals surface area contributed by atoms with E-state index in [0.717, 1.165) is 5.56 Å². The first kappa shape index (κ1) is 25.3. The van der Waals surface area contributed by atoms with Gasteiger partial charge in [-0.2, -0.15) is 5.10 Å². The molecule has 1 aromatic heterocycles. The predicted octanol–water partition coefficient (Wildman–Crippen LogP) is 3.20. The van der Waals surface area contributed by atoms with Crippen molar-refractivity contribution in [1.29, 1.82) is 0 Å². The molecule has 4 aromatic rings. The number of carbonyl (C=O) groups excluding carboxylic acids is 3. The van der Waals surface area contributed by atoms with Crippen molar-refractivity contribution >= 4 is 34.3 Å². The minimum absolute atomic E-state index is 0.0874. The van der Waals surface area contributed by atoms with Gasteiger partial charge in [-0.15, -0.1) is 0 Å². The van der Waals surface area contributed by atoms with E-state index in [-0.39, 0.29) is 30.9 Å². The SMILES string of the molecule is CCOC(=O)CN(C(=O)COC(=O)c1nn(Cc2ccccc2)c(=O)c2ccccc12)c1ccccc1. The summed E-state index contributed by atoms with van der Waals surface area (Å²) in [5.41, 5.74) is 0.850. The summed E-state index contributed by atoms with van der Waals surface area (Å²) in [5.74, 6) is -2.07. The number of hydrogen-bond acceptors (Lipinski definition) is 7. The smallest absolute Gasteiger partial charge is 0.359 e. The predicted molar refractivity (Wildman–Crippen MR) is 137 cm³/mol. The molecule has 9 heteroatoms. The fourth-order valence-electron chi connectivity index (χ4n) is 3.79. The third-order valence-corrected chi connectivity index (χ3v) is 5.52. The summed E-state index contributed by atoms with van der Waals surface area (Å²) in [7, 11) is 0. The maximum absolute atomic E-state index is 13.1. The Balaban J connectivity index is 1.58. The van der Waals surface area contributed by atoms with Crippen LogP contribution in [0.1, 0.15) is 23.0 Å². The first-order chi connectivity index (χ1) is 18.0. The average molecular weight is 500 g/mol. The number of rotatable bonds is 9. The molecule has 0 aliphatic heterocycles. The molecule has 37 heavy (non-hydrogen) atoms. The van der Waals surface area contributed by atoms with Crippen molar-refractivity contribution in [1.82, 2.24) is 9.78 Å². The van der Waals surface area contributed by atoms with Crippen molar-refractivity contribution in [3.05, 3.63) is 107 Å². The van der Waals surface area contributed by atoms with Crippen LogP contribution in [0.2, 0.25) is 0 Å². The molecule has 0 spiro atoms. The topological polar surface area (TPSA) is 108 Å². The largest absolute Gasteiger partial charge is 0.465 e. The quantitative estimate of drug-likeness (QED) is 0.326. The maximum atomic E-state index is 13.1. The van der Waals surface area contributed by atoms with Crippen LogP contribution in [0, 0.1) is 0 Å². The van der Waals surface area contributed by atoms with Crippen molar-refractivity contribution < 1.29 is 23.9 Å². The lowest BCUT2D eigenvalue weighted by molar-refractivity contribution is -0.142. The van der Waals surface area contributed by atoms with Crippen molar-refractivity contribution in [2.75, 3.05) is 24.7 Å². The highest BCUT2D eigenvalue weighted by Gasteiger charge is 2.23. The maximum Gasteiger partial charge on any atom is 0.359 e. The van der Waals surface area contributed by atoms with Gasteiger partial charge in [0.1, 0.15) is 6.54 Å². The Morgan fingerprint density at radius 3 is 2.14 bits per heavy atom. The molecule has 0 fully saturated rings. The summed E-state index contributed by atoms with van der Waals surface area (Å²) in [5, 5.41) is 4.91. The van der Waals surface area contributed by atoms with Gasteiger partial charge < -0.3 is 9.47 Å². The Bertz CT molecular complexity index is 1470. The van der Waals surface area contributed by atoms with Crippen LogP contribution in [0.25, 0.3) is 10.8 Å². The molecule has 0 bridgehead atoms. The molecule has 0 aliphatic carbocycles. The van der Waals surface area contributed by atoms with E-state index in [1.165, 1.54) is 9.58 Å². The van der Waals surface area contributed by atoms with Gasteiger partial charge in [0.2, 0.25) is 0 Å². The Morgan fingerprint density at radius 2 is 1.46 bits per heavy atom. The number of amides is 1. The van der Waals surface area contributed by atoms with Gasteiger partial charge in [0.15, 0.2) is 12.3 Å². The van der Waals surface area contributed by atoms with Gasteiger partial charge in [0.05, 0.1) is 18.5 Å². The van der Waals surface area contributed by atoms with Gasteiger partial charge in [-0.3, -0.25) is 19.3 Å². The molecule has 0 saturated heterocycles. The molecule has 9 nitrogen and oxygen atoms in total. The van der Waals surface area contributed by atoms with Crippen LogP contribution in [-0.2, 0) is 25.6 Å². The van der Waals surface area contributed by atoms with Crippen LogP contribution >= 0.6 is 0 Å². The van der Waals surface area contributed by atoms with Crippen LogP contribution in [0.3, 0.4) is 0 Å². The normalized spacial score (nSPS) is 10.6.